The zero-order valence-corrected chi connectivity index (χ0v) is 18.4. The average molecular weight is 453 g/mol. The molecule has 3 unspecified atom stereocenters. The maximum Gasteiger partial charge on any atom is 0.407 e. The summed E-state index contributed by atoms with van der Waals surface area (Å²) < 4.78 is 5.49. The largest absolute Gasteiger partial charge is 0.481 e. The molecule has 0 spiro atoms. The van der Waals surface area contributed by atoms with Crippen LogP contribution in [0.2, 0.25) is 0 Å². The van der Waals surface area contributed by atoms with Crippen LogP contribution in [0.1, 0.15) is 30.4 Å². The normalized spacial score (nSPS) is 20.5. The second kappa shape index (κ2) is 9.62. The molecule has 2 aromatic rings. The second-order valence-electron chi connectivity index (χ2n) is 8.78. The SMILES string of the molecule is CC(CNC(=O)OCC1c2ccccc2-c2ccccc21)C(=O)N1CC(O)CC(C(=O)O)C1. The van der Waals surface area contributed by atoms with Crippen molar-refractivity contribution in [2.45, 2.75) is 25.4 Å². The lowest BCUT2D eigenvalue weighted by Gasteiger charge is -2.35. The molecule has 0 bridgehead atoms. The molecule has 0 radical (unpaired) electrons. The van der Waals surface area contributed by atoms with Gasteiger partial charge in [0.05, 0.1) is 17.9 Å². The lowest BCUT2D eigenvalue weighted by molar-refractivity contribution is -0.150. The van der Waals surface area contributed by atoms with E-state index in [1.54, 1.807) is 6.92 Å². The second-order valence-corrected chi connectivity index (χ2v) is 8.78. The zero-order valence-electron chi connectivity index (χ0n) is 18.4. The first-order valence-electron chi connectivity index (χ1n) is 11.1. The number of ether oxygens (including phenoxy) is 1. The molecule has 174 valence electrons. The Morgan fingerprint density at radius 2 is 1.67 bits per heavy atom. The summed E-state index contributed by atoms with van der Waals surface area (Å²) in [5.41, 5.74) is 4.52. The van der Waals surface area contributed by atoms with Crippen LogP contribution in [0.3, 0.4) is 0 Å². The standard InChI is InChI=1S/C25H28N2O6/c1-15(23(29)27-12-16(24(30)31)10-17(28)13-27)11-26-25(32)33-14-22-20-8-4-2-6-18(20)19-7-3-5-9-21(19)22/h2-9,15-17,22,28H,10-14H2,1H3,(H,26,32)(H,30,31). The van der Waals surface area contributed by atoms with Crippen molar-refractivity contribution in [2.24, 2.45) is 11.8 Å². The van der Waals surface area contributed by atoms with Gasteiger partial charge in [-0.05, 0) is 28.7 Å². The maximum absolute atomic E-state index is 12.7. The van der Waals surface area contributed by atoms with Gasteiger partial charge >= 0.3 is 12.1 Å². The van der Waals surface area contributed by atoms with Crippen LogP contribution in [0.25, 0.3) is 11.1 Å². The summed E-state index contributed by atoms with van der Waals surface area (Å²) >= 11 is 0. The molecule has 1 saturated heterocycles. The molecule has 33 heavy (non-hydrogen) atoms. The van der Waals surface area contributed by atoms with Gasteiger partial charge in [-0.3, -0.25) is 9.59 Å². The third-order valence-electron chi connectivity index (χ3n) is 6.41. The molecule has 1 heterocycles. The fourth-order valence-electron chi connectivity index (χ4n) is 4.72. The molecule has 2 amide bonds. The average Bonchev–Trinajstić information content (AvgIpc) is 3.14. The Balaban J connectivity index is 1.30. The van der Waals surface area contributed by atoms with E-state index < -0.39 is 30.0 Å². The van der Waals surface area contributed by atoms with Crippen molar-refractivity contribution in [3.63, 3.8) is 0 Å². The number of carboxylic acid groups (broad SMARTS) is 1. The van der Waals surface area contributed by atoms with E-state index in [0.717, 1.165) is 22.3 Å². The van der Waals surface area contributed by atoms with Gasteiger partial charge in [-0.2, -0.15) is 0 Å². The summed E-state index contributed by atoms with van der Waals surface area (Å²) in [5.74, 6) is -2.76. The molecule has 8 nitrogen and oxygen atoms in total. The highest BCUT2D eigenvalue weighted by atomic mass is 16.5. The van der Waals surface area contributed by atoms with E-state index in [1.807, 2.05) is 36.4 Å². The number of piperidine rings is 1. The van der Waals surface area contributed by atoms with E-state index in [9.17, 15) is 24.6 Å². The topological polar surface area (TPSA) is 116 Å². The number of hydrogen-bond donors (Lipinski definition) is 3. The summed E-state index contributed by atoms with van der Waals surface area (Å²) in [7, 11) is 0. The Morgan fingerprint density at radius 3 is 2.27 bits per heavy atom. The van der Waals surface area contributed by atoms with Crippen LogP contribution in [-0.4, -0.2) is 65.4 Å². The highest BCUT2D eigenvalue weighted by Gasteiger charge is 2.34. The highest BCUT2D eigenvalue weighted by molar-refractivity contribution is 5.81. The molecule has 1 aliphatic carbocycles. The van der Waals surface area contributed by atoms with Gasteiger partial charge in [0.1, 0.15) is 6.61 Å². The Hall–Kier alpha value is -3.39. The van der Waals surface area contributed by atoms with Gasteiger partial charge in [-0.1, -0.05) is 55.5 Å². The molecule has 4 rings (SSSR count). The number of carboxylic acids is 1. The fraction of sp³-hybridized carbons (Fsp3) is 0.400. The number of carbonyl (C=O) groups excluding carboxylic acids is 2. The van der Waals surface area contributed by atoms with Crippen molar-refractivity contribution in [3.8, 4) is 11.1 Å². The van der Waals surface area contributed by atoms with Crippen molar-refractivity contribution < 1.29 is 29.3 Å². The van der Waals surface area contributed by atoms with E-state index in [-0.39, 0.29) is 44.5 Å². The number of aliphatic hydroxyl groups excluding tert-OH is 1. The van der Waals surface area contributed by atoms with E-state index in [0.29, 0.717) is 0 Å². The summed E-state index contributed by atoms with van der Waals surface area (Å²) in [4.78, 5) is 37.7. The Morgan fingerprint density at radius 1 is 1.06 bits per heavy atom. The third-order valence-corrected chi connectivity index (χ3v) is 6.41. The molecular weight excluding hydrogens is 424 g/mol. The molecule has 3 atom stereocenters. The molecule has 2 aromatic carbocycles. The highest BCUT2D eigenvalue weighted by Crippen LogP contribution is 2.44. The van der Waals surface area contributed by atoms with Crippen LogP contribution >= 0.6 is 0 Å². The monoisotopic (exact) mass is 452 g/mol. The van der Waals surface area contributed by atoms with Gasteiger partial charge in [0, 0.05) is 25.6 Å². The van der Waals surface area contributed by atoms with Crippen molar-refractivity contribution >= 4 is 18.0 Å². The number of nitrogens with zero attached hydrogens (tertiary/aromatic N) is 1. The van der Waals surface area contributed by atoms with Crippen molar-refractivity contribution in [1.82, 2.24) is 10.2 Å². The van der Waals surface area contributed by atoms with Crippen LogP contribution in [0, 0.1) is 11.8 Å². The zero-order chi connectivity index (χ0) is 23.5. The van der Waals surface area contributed by atoms with Crippen molar-refractivity contribution in [1.29, 1.82) is 0 Å². The molecule has 8 heteroatoms. The molecule has 0 saturated carbocycles. The Bertz CT molecular complexity index is 1010. The molecule has 3 N–H and O–H groups in total. The Kier molecular flexibility index (Phi) is 6.65. The summed E-state index contributed by atoms with van der Waals surface area (Å²) in [6.07, 6.45) is -1.35. The number of nitrogens with one attached hydrogen (secondary N) is 1. The smallest absolute Gasteiger partial charge is 0.407 e. The van der Waals surface area contributed by atoms with Gasteiger partial charge in [0.15, 0.2) is 0 Å². The van der Waals surface area contributed by atoms with Gasteiger partial charge in [-0.25, -0.2) is 4.79 Å². The van der Waals surface area contributed by atoms with Crippen LogP contribution in [0.4, 0.5) is 4.79 Å². The number of fused-ring (bicyclic) bond motifs is 3. The summed E-state index contributed by atoms with van der Waals surface area (Å²) in [6, 6.07) is 16.1. The lowest BCUT2D eigenvalue weighted by Crippen LogP contribution is -2.51. The van der Waals surface area contributed by atoms with E-state index in [2.05, 4.69) is 17.4 Å². The number of carbonyl (C=O) groups is 3. The maximum atomic E-state index is 12.7. The molecule has 2 aliphatic rings. The quantitative estimate of drug-likeness (QED) is 0.620. The lowest BCUT2D eigenvalue weighted by atomic mass is 9.95. The number of rotatable bonds is 6. The van der Waals surface area contributed by atoms with Gasteiger partial charge in [0.2, 0.25) is 5.91 Å². The number of amides is 2. The van der Waals surface area contributed by atoms with Crippen molar-refractivity contribution in [3.05, 3.63) is 59.7 Å². The molecule has 1 aliphatic heterocycles. The summed E-state index contributed by atoms with van der Waals surface area (Å²) in [6.45, 7) is 2.04. The van der Waals surface area contributed by atoms with Gasteiger partial charge in [-0.15, -0.1) is 0 Å². The third kappa shape index (κ3) is 4.85. The predicted molar refractivity (Wildman–Crippen MR) is 121 cm³/mol. The summed E-state index contributed by atoms with van der Waals surface area (Å²) in [5, 5.41) is 21.8. The fourth-order valence-corrected chi connectivity index (χ4v) is 4.72. The van der Waals surface area contributed by atoms with Gasteiger partial charge in [0.25, 0.3) is 0 Å². The number of aliphatic carboxylic acids is 1. The number of benzene rings is 2. The van der Waals surface area contributed by atoms with Gasteiger partial charge < -0.3 is 25.2 Å². The number of alkyl carbamates (subject to hydrolysis) is 1. The Labute approximate surface area is 192 Å². The van der Waals surface area contributed by atoms with E-state index in [4.69, 9.17) is 4.74 Å². The minimum Gasteiger partial charge on any atom is -0.481 e. The van der Waals surface area contributed by atoms with E-state index >= 15 is 0 Å². The van der Waals surface area contributed by atoms with Crippen LogP contribution in [0.15, 0.2) is 48.5 Å². The van der Waals surface area contributed by atoms with Crippen LogP contribution < -0.4 is 5.32 Å². The minimum atomic E-state index is -1.03. The number of aliphatic hydroxyl groups is 1. The van der Waals surface area contributed by atoms with E-state index in [1.165, 1.54) is 4.90 Å². The predicted octanol–water partition coefficient (Wildman–Crippen LogP) is 2.46. The first-order valence-corrected chi connectivity index (χ1v) is 11.1. The minimum absolute atomic E-state index is 0.0509. The first kappa shape index (κ1) is 22.8. The number of β-amino-alcohol motifs (C(OH)–C–C–N with tert-alkyl or cyclic N) is 1. The van der Waals surface area contributed by atoms with Crippen LogP contribution in [0.5, 0.6) is 0 Å². The number of likely N-dealkylation sites (tertiary alicyclic amines) is 1. The van der Waals surface area contributed by atoms with Crippen molar-refractivity contribution in [2.75, 3.05) is 26.2 Å². The molecule has 0 aromatic heterocycles. The molecule has 1 fully saturated rings. The van der Waals surface area contributed by atoms with Crippen LogP contribution in [-0.2, 0) is 14.3 Å². The first-order chi connectivity index (χ1) is 15.8. The number of hydrogen-bond acceptors (Lipinski definition) is 5. The molecular formula is C25H28N2O6.